The maximum atomic E-state index is 5.58. The Morgan fingerprint density at radius 2 is 1.83 bits per heavy atom. The molecule has 0 saturated carbocycles. The van der Waals surface area contributed by atoms with Gasteiger partial charge in [0.25, 0.3) is 5.89 Å². The summed E-state index contributed by atoms with van der Waals surface area (Å²) in [5, 5.41) is 11.8. The van der Waals surface area contributed by atoms with Gasteiger partial charge in [0.1, 0.15) is 5.69 Å². The first-order chi connectivity index (χ1) is 11.7. The zero-order valence-electron chi connectivity index (χ0n) is 13.8. The van der Waals surface area contributed by atoms with Gasteiger partial charge < -0.3 is 14.0 Å². The molecule has 0 fully saturated rings. The van der Waals surface area contributed by atoms with Crippen LogP contribution >= 0.6 is 0 Å². The highest BCUT2D eigenvalue weighted by molar-refractivity contribution is 5.57. The SMILES string of the molecule is COc1ccc(-c2noc(-c3ccc(COC(C)C)cc3)n2)nn1. The molecule has 124 valence electrons. The smallest absolute Gasteiger partial charge is 0.258 e. The van der Waals surface area contributed by atoms with E-state index >= 15 is 0 Å². The van der Waals surface area contributed by atoms with Gasteiger partial charge in [-0.1, -0.05) is 17.3 Å². The number of benzene rings is 1. The second-order valence-corrected chi connectivity index (χ2v) is 5.44. The van der Waals surface area contributed by atoms with Crippen LogP contribution in [0.4, 0.5) is 0 Å². The molecule has 3 aromatic rings. The summed E-state index contributed by atoms with van der Waals surface area (Å²) < 4.78 is 15.9. The van der Waals surface area contributed by atoms with Gasteiger partial charge in [-0.2, -0.15) is 4.98 Å². The molecular weight excluding hydrogens is 308 g/mol. The van der Waals surface area contributed by atoms with Crippen molar-refractivity contribution in [3.05, 3.63) is 42.0 Å². The van der Waals surface area contributed by atoms with E-state index in [1.165, 1.54) is 7.11 Å². The van der Waals surface area contributed by atoms with Gasteiger partial charge in [0.2, 0.25) is 11.7 Å². The van der Waals surface area contributed by atoms with Crippen molar-refractivity contribution in [2.75, 3.05) is 7.11 Å². The van der Waals surface area contributed by atoms with E-state index in [0.29, 0.717) is 29.9 Å². The number of hydrogen-bond donors (Lipinski definition) is 0. The predicted octanol–water partition coefficient (Wildman–Crippen LogP) is 3.13. The zero-order valence-corrected chi connectivity index (χ0v) is 13.8. The minimum absolute atomic E-state index is 0.203. The molecule has 0 N–H and O–H groups in total. The van der Waals surface area contributed by atoms with E-state index in [1.54, 1.807) is 12.1 Å². The number of methoxy groups -OCH3 is 1. The Kier molecular flexibility index (Phi) is 4.81. The summed E-state index contributed by atoms with van der Waals surface area (Å²) in [6.07, 6.45) is 0.203. The maximum absolute atomic E-state index is 5.58. The molecule has 2 heterocycles. The summed E-state index contributed by atoms with van der Waals surface area (Å²) in [7, 11) is 1.53. The molecule has 0 aliphatic carbocycles. The summed E-state index contributed by atoms with van der Waals surface area (Å²) >= 11 is 0. The van der Waals surface area contributed by atoms with Crippen LogP contribution in [0.3, 0.4) is 0 Å². The summed E-state index contributed by atoms with van der Waals surface area (Å²) in [5.74, 6) is 1.24. The van der Waals surface area contributed by atoms with Crippen LogP contribution in [0.25, 0.3) is 23.0 Å². The lowest BCUT2D eigenvalue weighted by Crippen LogP contribution is -2.01. The van der Waals surface area contributed by atoms with Crippen molar-refractivity contribution in [2.24, 2.45) is 0 Å². The van der Waals surface area contributed by atoms with Crippen molar-refractivity contribution in [1.29, 1.82) is 0 Å². The predicted molar refractivity (Wildman–Crippen MR) is 87.2 cm³/mol. The maximum Gasteiger partial charge on any atom is 0.258 e. The lowest BCUT2D eigenvalue weighted by atomic mass is 10.1. The van der Waals surface area contributed by atoms with E-state index in [-0.39, 0.29) is 6.10 Å². The van der Waals surface area contributed by atoms with Gasteiger partial charge in [-0.15, -0.1) is 10.2 Å². The first kappa shape index (κ1) is 16.1. The highest BCUT2D eigenvalue weighted by Crippen LogP contribution is 2.22. The molecule has 0 bridgehead atoms. The molecule has 2 aromatic heterocycles. The average Bonchev–Trinajstić information content (AvgIpc) is 3.10. The van der Waals surface area contributed by atoms with Crippen LogP contribution in [0.5, 0.6) is 5.88 Å². The fraction of sp³-hybridized carbons (Fsp3) is 0.294. The summed E-state index contributed by atoms with van der Waals surface area (Å²) in [6.45, 7) is 4.60. The second kappa shape index (κ2) is 7.18. The molecule has 0 atom stereocenters. The lowest BCUT2D eigenvalue weighted by molar-refractivity contribution is 0.0657. The third-order valence-electron chi connectivity index (χ3n) is 3.29. The summed E-state index contributed by atoms with van der Waals surface area (Å²) in [4.78, 5) is 4.36. The standard InChI is InChI=1S/C17H18N4O3/c1-11(2)23-10-12-4-6-13(7-5-12)17-18-16(21-24-17)14-8-9-15(22-3)20-19-14/h4-9,11H,10H2,1-3H3. The van der Waals surface area contributed by atoms with E-state index in [0.717, 1.165) is 11.1 Å². The Morgan fingerprint density at radius 1 is 1.04 bits per heavy atom. The highest BCUT2D eigenvalue weighted by atomic mass is 16.5. The Hall–Kier alpha value is -2.80. The number of rotatable bonds is 6. The zero-order chi connectivity index (χ0) is 16.9. The van der Waals surface area contributed by atoms with Gasteiger partial charge in [-0.3, -0.25) is 0 Å². The van der Waals surface area contributed by atoms with E-state index in [9.17, 15) is 0 Å². The first-order valence-electron chi connectivity index (χ1n) is 7.58. The normalized spacial score (nSPS) is 11.0. The molecule has 24 heavy (non-hydrogen) atoms. The summed E-state index contributed by atoms with van der Waals surface area (Å²) in [5.41, 5.74) is 2.45. The largest absolute Gasteiger partial charge is 0.480 e. The molecule has 0 spiro atoms. The van der Waals surface area contributed by atoms with Crippen LogP contribution in [0.15, 0.2) is 40.9 Å². The van der Waals surface area contributed by atoms with Crippen LogP contribution in [0, 0.1) is 0 Å². The van der Waals surface area contributed by atoms with Crippen LogP contribution in [-0.2, 0) is 11.3 Å². The lowest BCUT2D eigenvalue weighted by Gasteiger charge is -2.07. The Morgan fingerprint density at radius 3 is 2.46 bits per heavy atom. The van der Waals surface area contributed by atoms with Crippen molar-refractivity contribution in [3.8, 4) is 28.9 Å². The minimum Gasteiger partial charge on any atom is -0.480 e. The molecule has 0 amide bonds. The van der Waals surface area contributed by atoms with Gasteiger partial charge in [-0.05, 0) is 37.6 Å². The quantitative estimate of drug-likeness (QED) is 0.688. The summed E-state index contributed by atoms with van der Waals surface area (Å²) in [6, 6.07) is 11.2. The molecular formula is C17H18N4O3. The molecule has 0 unspecified atom stereocenters. The van der Waals surface area contributed by atoms with Crippen LogP contribution in [0.1, 0.15) is 19.4 Å². The Labute approximate surface area is 139 Å². The van der Waals surface area contributed by atoms with Crippen LogP contribution in [0.2, 0.25) is 0 Å². The minimum atomic E-state index is 0.203. The second-order valence-electron chi connectivity index (χ2n) is 5.44. The van der Waals surface area contributed by atoms with Crippen LogP contribution in [-0.4, -0.2) is 33.6 Å². The number of hydrogen-bond acceptors (Lipinski definition) is 7. The average molecular weight is 326 g/mol. The topological polar surface area (TPSA) is 83.2 Å². The Bertz CT molecular complexity index is 782. The molecule has 3 rings (SSSR count). The van der Waals surface area contributed by atoms with Crippen LogP contribution < -0.4 is 4.74 Å². The van der Waals surface area contributed by atoms with Crippen molar-refractivity contribution < 1.29 is 14.0 Å². The first-order valence-corrected chi connectivity index (χ1v) is 7.58. The van der Waals surface area contributed by atoms with Crippen molar-refractivity contribution in [3.63, 3.8) is 0 Å². The fourth-order valence-corrected chi connectivity index (χ4v) is 2.00. The fourth-order valence-electron chi connectivity index (χ4n) is 2.00. The van der Waals surface area contributed by atoms with Gasteiger partial charge in [0.05, 0.1) is 19.8 Å². The molecule has 7 heteroatoms. The van der Waals surface area contributed by atoms with Gasteiger partial charge in [-0.25, -0.2) is 0 Å². The van der Waals surface area contributed by atoms with Crippen molar-refractivity contribution >= 4 is 0 Å². The molecule has 0 aliphatic rings. The van der Waals surface area contributed by atoms with E-state index in [1.807, 2.05) is 38.1 Å². The van der Waals surface area contributed by atoms with E-state index in [4.69, 9.17) is 14.0 Å². The molecule has 7 nitrogen and oxygen atoms in total. The molecule has 0 aliphatic heterocycles. The number of aromatic nitrogens is 4. The monoisotopic (exact) mass is 326 g/mol. The van der Waals surface area contributed by atoms with Gasteiger partial charge in [0.15, 0.2) is 0 Å². The third kappa shape index (κ3) is 3.75. The number of nitrogens with zero attached hydrogens (tertiary/aromatic N) is 4. The molecule has 0 saturated heterocycles. The highest BCUT2D eigenvalue weighted by Gasteiger charge is 2.12. The van der Waals surface area contributed by atoms with Crippen molar-refractivity contribution in [2.45, 2.75) is 26.6 Å². The Balaban J connectivity index is 1.74. The third-order valence-corrected chi connectivity index (χ3v) is 3.29. The van der Waals surface area contributed by atoms with Gasteiger partial charge >= 0.3 is 0 Å². The number of ether oxygens (including phenoxy) is 2. The van der Waals surface area contributed by atoms with E-state index in [2.05, 4.69) is 20.3 Å². The van der Waals surface area contributed by atoms with Crippen molar-refractivity contribution in [1.82, 2.24) is 20.3 Å². The van der Waals surface area contributed by atoms with E-state index < -0.39 is 0 Å². The molecule has 1 aromatic carbocycles. The van der Waals surface area contributed by atoms with Gasteiger partial charge in [0, 0.05) is 11.6 Å². The molecule has 0 radical (unpaired) electrons.